The summed E-state index contributed by atoms with van der Waals surface area (Å²) in [4.78, 5) is 0. The van der Waals surface area contributed by atoms with Gasteiger partial charge in [-0.05, 0) is 36.4 Å². The molecule has 2 aromatic carbocycles. The molecule has 0 heterocycles. The smallest absolute Gasteiger partial charge is 0.221 e. The minimum absolute atomic E-state index is 0.193. The molecule has 0 saturated heterocycles. The molecule has 0 spiro atoms. The Hall–Kier alpha value is -2.03. The molecule has 2 rings (SSSR count). The van der Waals surface area contributed by atoms with Gasteiger partial charge in [0.2, 0.25) is 5.75 Å². The van der Waals surface area contributed by atoms with Crippen molar-refractivity contribution >= 4 is 0 Å². The van der Waals surface area contributed by atoms with E-state index >= 15 is 0 Å². The van der Waals surface area contributed by atoms with Crippen molar-refractivity contribution in [2.45, 2.75) is 0 Å². The fraction of sp³-hybridized carbons (Fsp3) is 0. The average molecular weight is 203 g/mol. The topological polar surface area (TPSA) is 29.1 Å². The summed E-state index contributed by atoms with van der Waals surface area (Å²) in [6.45, 7) is 0. The van der Waals surface area contributed by atoms with E-state index in [2.05, 4.69) is 0 Å². The summed E-state index contributed by atoms with van der Waals surface area (Å²) in [5.41, 5.74) is 0. The van der Waals surface area contributed by atoms with Crippen LogP contribution in [-0.4, -0.2) is 0 Å². The van der Waals surface area contributed by atoms with Gasteiger partial charge in [0.25, 0.3) is 0 Å². The Labute approximate surface area is 86.6 Å². The molecule has 0 amide bonds. The van der Waals surface area contributed by atoms with Gasteiger partial charge in [0.05, 0.1) is 0 Å². The molecule has 0 bridgehead atoms. The van der Waals surface area contributed by atoms with E-state index in [1.807, 2.05) is 0 Å². The van der Waals surface area contributed by atoms with E-state index in [0.717, 1.165) is 0 Å². The number of hydrogen-bond acceptors (Lipinski definition) is 1. The highest BCUT2D eigenvalue weighted by atomic mass is 19.1. The molecular weight excluding hydrogens is 195 g/mol. The van der Waals surface area contributed by atoms with Gasteiger partial charge < -0.3 is 4.74 Å². The van der Waals surface area contributed by atoms with Crippen LogP contribution in [0.3, 0.4) is 0 Å². The van der Waals surface area contributed by atoms with Gasteiger partial charge in [0.15, 0.2) is 5.75 Å². The highest BCUT2D eigenvalue weighted by molar-refractivity contribution is 5.41. The fourth-order valence-electron chi connectivity index (χ4n) is 1.16. The van der Waals surface area contributed by atoms with E-state index in [0.29, 0.717) is 5.75 Å². The molecule has 2 nitrogen and oxygen atoms in total. The Morgan fingerprint density at radius 1 is 0.933 bits per heavy atom. The Bertz CT molecular complexity index is 451. The predicted molar refractivity (Wildman–Crippen MR) is 53.0 cm³/mol. The van der Waals surface area contributed by atoms with Crippen LogP contribution in [-0.2, 0) is 5.11 Å². The second kappa shape index (κ2) is 4.00. The van der Waals surface area contributed by atoms with Crippen molar-refractivity contribution in [3.8, 4) is 17.2 Å². The lowest BCUT2D eigenvalue weighted by Gasteiger charge is -2.05. The summed E-state index contributed by atoms with van der Waals surface area (Å²) in [5.74, 6) is 0.156. The minimum Gasteiger partial charge on any atom is -0.453 e. The lowest BCUT2D eigenvalue weighted by atomic mass is 10.3. The Balaban J connectivity index is 2.22. The van der Waals surface area contributed by atoms with Crippen LogP contribution in [0.2, 0.25) is 0 Å². The SMILES string of the molecule is [O]c1ccccc1Oc1ccc(F)cc1. The largest absolute Gasteiger partial charge is 0.453 e. The number of rotatable bonds is 2. The normalized spacial score (nSPS) is 9.93. The Kier molecular flexibility index (Phi) is 2.54. The van der Waals surface area contributed by atoms with Gasteiger partial charge in [0, 0.05) is 0 Å². The lowest BCUT2D eigenvalue weighted by Crippen LogP contribution is -1.84. The molecule has 0 aliphatic carbocycles. The monoisotopic (exact) mass is 203 g/mol. The van der Waals surface area contributed by atoms with Crippen molar-refractivity contribution in [3.05, 3.63) is 54.3 Å². The molecule has 0 unspecified atom stereocenters. The van der Waals surface area contributed by atoms with Gasteiger partial charge in [-0.2, -0.15) is 0 Å². The summed E-state index contributed by atoms with van der Waals surface area (Å²) >= 11 is 0. The van der Waals surface area contributed by atoms with Gasteiger partial charge in [-0.25, -0.2) is 4.39 Å². The van der Waals surface area contributed by atoms with Crippen LogP contribution in [0.1, 0.15) is 0 Å². The van der Waals surface area contributed by atoms with Crippen LogP contribution in [0.15, 0.2) is 48.5 Å². The van der Waals surface area contributed by atoms with Crippen molar-refractivity contribution in [2.24, 2.45) is 0 Å². The quantitative estimate of drug-likeness (QED) is 0.730. The minimum atomic E-state index is -0.335. The lowest BCUT2D eigenvalue weighted by molar-refractivity contribution is 0.329. The predicted octanol–water partition coefficient (Wildman–Crippen LogP) is 3.76. The molecule has 0 aromatic heterocycles. The maximum Gasteiger partial charge on any atom is 0.221 e. The van der Waals surface area contributed by atoms with Gasteiger partial charge in [-0.3, -0.25) is 5.11 Å². The van der Waals surface area contributed by atoms with Gasteiger partial charge >= 0.3 is 0 Å². The van der Waals surface area contributed by atoms with Crippen LogP contribution in [0.4, 0.5) is 4.39 Å². The molecule has 0 saturated carbocycles. The summed E-state index contributed by atoms with van der Waals surface area (Å²) in [5, 5.41) is 11.3. The second-order valence-electron chi connectivity index (χ2n) is 3.00. The standard InChI is InChI=1S/C12H8FO2/c13-9-5-7-10(8-6-9)15-12-4-2-1-3-11(12)14/h1-8H. The van der Waals surface area contributed by atoms with Crippen LogP contribution >= 0.6 is 0 Å². The maximum absolute atomic E-state index is 12.6. The number of para-hydroxylation sites is 2. The van der Waals surface area contributed by atoms with Crippen LogP contribution < -0.4 is 4.74 Å². The average Bonchev–Trinajstić information content (AvgIpc) is 2.25. The van der Waals surface area contributed by atoms with E-state index in [1.165, 1.54) is 30.3 Å². The zero-order valence-electron chi connectivity index (χ0n) is 7.81. The number of ether oxygens (including phenoxy) is 1. The van der Waals surface area contributed by atoms with Crippen LogP contribution in [0.25, 0.3) is 0 Å². The second-order valence-corrected chi connectivity index (χ2v) is 3.00. The molecule has 3 heteroatoms. The van der Waals surface area contributed by atoms with Crippen molar-refractivity contribution in [3.63, 3.8) is 0 Å². The third-order valence-corrected chi connectivity index (χ3v) is 1.89. The molecule has 0 N–H and O–H groups in total. The number of halogens is 1. The molecule has 2 aromatic rings. The Morgan fingerprint density at radius 3 is 2.27 bits per heavy atom. The first-order valence-electron chi connectivity index (χ1n) is 4.45. The highest BCUT2D eigenvalue weighted by Crippen LogP contribution is 2.30. The van der Waals surface area contributed by atoms with Crippen molar-refractivity contribution in [1.29, 1.82) is 0 Å². The fourth-order valence-corrected chi connectivity index (χ4v) is 1.16. The molecule has 0 fully saturated rings. The summed E-state index contributed by atoms with van der Waals surface area (Å²) < 4.78 is 17.9. The summed E-state index contributed by atoms with van der Waals surface area (Å²) in [6, 6.07) is 11.8. The third kappa shape index (κ3) is 2.26. The number of hydrogen-bond donors (Lipinski definition) is 0. The van der Waals surface area contributed by atoms with Crippen LogP contribution in [0.5, 0.6) is 17.2 Å². The van der Waals surface area contributed by atoms with Crippen LogP contribution in [0, 0.1) is 5.82 Å². The molecule has 15 heavy (non-hydrogen) atoms. The van der Waals surface area contributed by atoms with E-state index in [4.69, 9.17) is 4.74 Å². The van der Waals surface area contributed by atoms with Gasteiger partial charge in [-0.15, -0.1) is 0 Å². The zero-order chi connectivity index (χ0) is 10.7. The highest BCUT2D eigenvalue weighted by Gasteiger charge is 2.03. The van der Waals surface area contributed by atoms with Gasteiger partial charge in [0.1, 0.15) is 11.6 Å². The zero-order valence-corrected chi connectivity index (χ0v) is 7.81. The van der Waals surface area contributed by atoms with E-state index in [1.54, 1.807) is 18.2 Å². The first-order valence-corrected chi connectivity index (χ1v) is 4.45. The molecule has 0 atom stereocenters. The Morgan fingerprint density at radius 2 is 1.60 bits per heavy atom. The third-order valence-electron chi connectivity index (χ3n) is 1.89. The molecular formula is C12H8FO2. The van der Waals surface area contributed by atoms with Crippen molar-refractivity contribution in [2.75, 3.05) is 0 Å². The van der Waals surface area contributed by atoms with E-state index in [9.17, 15) is 9.50 Å². The summed E-state index contributed by atoms with van der Waals surface area (Å²) in [6.07, 6.45) is 0. The molecule has 0 aliphatic rings. The van der Waals surface area contributed by atoms with Gasteiger partial charge in [-0.1, -0.05) is 12.1 Å². The summed E-state index contributed by atoms with van der Waals surface area (Å²) in [7, 11) is 0. The molecule has 75 valence electrons. The van der Waals surface area contributed by atoms with Crippen molar-refractivity contribution in [1.82, 2.24) is 0 Å². The first-order chi connectivity index (χ1) is 7.25. The number of benzene rings is 2. The van der Waals surface area contributed by atoms with E-state index < -0.39 is 0 Å². The van der Waals surface area contributed by atoms with Crippen molar-refractivity contribution < 1.29 is 14.2 Å². The van der Waals surface area contributed by atoms with E-state index in [-0.39, 0.29) is 17.3 Å². The molecule has 1 radical (unpaired) electrons. The maximum atomic E-state index is 12.6. The molecule has 0 aliphatic heterocycles. The first kappa shape index (κ1) is 9.52.